The lowest BCUT2D eigenvalue weighted by atomic mass is 10.0. The molecule has 2 aromatic carbocycles. The normalized spacial score (nSPS) is 13.1. The van der Waals surface area contributed by atoms with Gasteiger partial charge in [-0.2, -0.15) is 0 Å². The molecule has 1 unspecified atom stereocenters. The van der Waals surface area contributed by atoms with Gasteiger partial charge in [0.1, 0.15) is 17.4 Å². The van der Waals surface area contributed by atoms with E-state index in [2.05, 4.69) is 10.6 Å². The Morgan fingerprint density at radius 2 is 1.80 bits per heavy atom. The molecule has 0 saturated heterocycles. The Morgan fingerprint density at radius 3 is 2.46 bits per heavy atom. The molecule has 3 aromatic rings. The molecule has 35 heavy (non-hydrogen) atoms. The number of nitrogens with one attached hydrogen (secondary N) is 2. The van der Waals surface area contributed by atoms with Crippen molar-refractivity contribution in [3.8, 4) is 17.2 Å². The average molecular weight is 480 g/mol. The third-order valence-electron chi connectivity index (χ3n) is 6.04. The Balaban J connectivity index is 1.52. The summed E-state index contributed by atoms with van der Waals surface area (Å²) in [6.45, 7) is 6.55. The molecule has 0 saturated carbocycles. The molecule has 1 atom stereocenters. The van der Waals surface area contributed by atoms with Crippen molar-refractivity contribution in [2.75, 3.05) is 13.3 Å². The van der Waals surface area contributed by atoms with Crippen molar-refractivity contribution < 1.29 is 24.2 Å². The Kier molecular flexibility index (Phi) is 6.95. The number of fused-ring (bicyclic) bond motifs is 2. The van der Waals surface area contributed by atoms with Gasteiger partial charge in [-0.1, -0.05) is 26.0 Å². The van der Waals surface area contributed by atoms with Gasteiger partial charge >= 0.3 is 0 Å². The molecule has 9 nitrogen and oxygen atoms in total. The fourth-order valence-corrected chi connectivity index (χ4v) is 4.06. The van der Waals surface area contributed by atoms with Crippen molar-refractivity contribution in [1.29, 1.82) is 0 Å². The van der Waals surface area contributed by atoms with Gasteiger partial charge in [0.15, 0.2) is 11.5 Å². The van der Waals surface area contributed by atoms with E-state index in [4.69, 9.17) is 9.47 Å². The number of aryl methyl sites for hydroxylation is 1. The molecule has 1 aromatic heterocycles. The molecule has 0 bridgehead atoms. The third-order valence-corrected chi connectivity index (χ3v) is 6.04. The molecule has 9 heteroatoms. The largest absolute Gasteiger partial charge is 0.508 e. The Bertz CT molecular complexity index is 1310. The number of aromatic nitrogens is 1. The maximum absolute atomic E-state index is 13.2. The van der Waals surface area contributed by atoms with Gasteiger partial charge < -0.3 is 29.8 Å². The predicted octanol–water partition coefficient (Wildman–Crippen LogP) is 2.57. The van der Waals surface area contributed by atoms with Gasteiger partial charge in [0, 0.05) is 25.4 Å². The van der Waals surface area contributed by atoms with Crippen LogP contribution >= 0.6 is 0 Å². The molecule has 0 radical (unpaired) electrons. The molecule has 0 aliphatic carbocycles. The van der Waals surface area contributed by atoms with Crippen molar-refractivity contribution in [3.63, 3.8) is 0 Å². The van der Waals surface area contributed by atoms with Crippen LogP contribution in [0.1, 0.15) is 36.7 Å². The number of amides is 2. The molecule has 1 aliphatic heterocycles. The van der Waals surface area contributed by atoms with Crippen LogP contribution in [0.5, 0.6) is 17.2 Å². The van der Waals surface area contributed by atoms with Crippen LogP contribution in [0.15, 0.2) is 47.4 Å². The molecule has 184 valence electrons. The maximum atomic E-state index is 13.2. The van der Waals surface area contributed by atoms with Crippen LogP contribution in [0.2, 0.25) is 0 Å². The number of nitrogens with zero attached hydrogens (tertiary/aromatic N) is 1. The summed E-state index contributed by atoms with van der Waals surface area (Å²) in [5, 5.41) is 15.3. The third kappa shape index (κ3) is 5.08. The highest BCUT2D eigenvalue weighted by molar-refractivity contribution is 6.00. The van der Waals surface area contributed by atoms with Gasteiger partial charge in [-0.3, -0.25) is 14.4 Å². The number of phenolic OH excluding ortho intramolecular Hbond substituents is 1. The van der Waals surface area contributed by atoms with Gasteiger partial charge in [-0.15, -0.1) is 0 Å². The van der Waals surface area contributed by atoms with E-state index in [1.807, 2.05) is 20.8 Å². The van der Waals surface area contributed by atoms with E-state index < -0.39 is 17.4 Å². The highest BCUT2D eigenvalue weighted by atomic mass is 16.7. The van der Waals surface area contributed by atoms with Crippen LogP contribution in [0.25, 0.3) is 10.9 Å². The van der Waals surface area contributed by atoms with Crippen LogP contribution in [-0.2, 0) is 17.8 Å². The van der Waals surface area contributed by atoms with E-state index in [9.17, 15) is 19.5 Å². The summed E-state index contributed by atoms with van der Waals surface area (Å²) in [5.41, 5.74) is 1.13. The SMILES string of the molecule is CCn1cc(C(=O)NC(C(=O)NCCc2ccc(O)cc2)C(C)C)c(=O)c2cc3c(cc21)OCO3. The Labute approximate surface area is 202 Å². The first-order chi connectivity index (χ1) is 16.8. The van der Waals surface area contributed by atoms with Crippen molar-refractivity contribution in [2.24, 2.45) is 5.92 Å². The molecule has 1 aliphatic rings. The topological polar surface area (TPSA) is 119 Å². The quantitative estimate of drug-likeness (QED) is 0.457. The van der Waals surface area contributed by atoms with Crippen LogP contribution in [0.4, 0.5) is 0 Å². The molecule has 2 amide bonds. The van der Waals surface area contributed by atoms with Gasteiger partial charge in [0.05, 0.1) is 10.9 Å². The number of phenols is 1. The first-order valence-corrected chi connectivity index (χ1v) is 11.6. The smallest absolute Gasteiger partial charge is 0.257 e. The summed E-state index contributed by atoms with van der Waals surface area (Å²) in [4.78, 5) is 39.3. The highest BCUT2D eigenvalue weighted by Gasteiger charge is 2.27. The van der Waals surface area contributed by atoms with E-state index in [0.717, 1.165) is 5.56 Å². The predicted molar refractivity (Wildman–Crippen MR) is 131 cm³/mol. The fourth-order valence-electron chi connectivity index (χ4n) is 4.06. The van der Waals surface area contributed by atoms with Gasteiger partial charge in [-0.05, 0) is 43.0 Å². The number of rotatable bonds is 8. The van der Waals surface area contributed by atoms with E-state index in [1.165, 1.54) is 6.20 Å². The van der Waals surface area contributed by atoms with Crippen LogP contribution in [0, 0.1) is 5.92 Å². The second kappa shape index (κ2) is 10.1. The minimum absolute atomic E-state index is 0.0410. The number of carbonyl (C=O) groups excluding carboxylic acids is 2. The molecular formula is C26H29N3O6. The van der Waals surface area contributed by atoms with E-state index in [1.54, 1.807) is 41.0 Å². The Morgan fingerprint density at radius 1 is 1.11 bits per heavy atom. The average Bonchev–Trinajstić information content (AvgIpc) is 3.30. The monoisotopic (exact) mass is 479 g/mol. The van der Waals surface area contributed by atoms with Gasteiger partial charge in [0.25, 0.3) is 5.91 Å². The number of ether oxygens (including phenoxy) is 2. The summed E-state index contributed by atoms with van der Waals surface area (Å²) in [6, 6.07) is 9.27. The zero-order valence-electron chi connectivity index (χ0n) is 20.0. The van der Waals surface area contributed by atoms with Crippen molar-refractivity contribution in [1.82, 2.24) is 15.2 Å². The molecule has 3 N–H and O–H groups in total. The second-order valence-corrected chi connectivity index (χ2v) is 8.78. The van der Waals surface area contributed by atoms with E-state index in [0.29, 0.717) is 41.9 Å². The lowest BCUT2D eigenvalue weighted by Gasteiger charge is -2.22. The van der Waals surface area contributed by atoms with Gasteiger partial charge in [0.2, 0.25) is 18.1 Å². The molecule has 4 rings (SSSR count). The number of benzene rings is 2. The maximum Gasteiger partial charge on any atom is 0.257 e. The lowest BCUT2D eigenvalue weighted by molar-refractivity contribution is -0.123. The van der Waals surface area contributed by atoms with Crippen molar-refractivity contribution in [2.45, 2.75) is 39.8 Å². The van der Waals surface area contributed by atoms with Crippen LogP contribution in [-0.4, -0.2) is 40.9 Å². The Hall–Kier alpha value is -4.01. The summed E-state index contributed by atoms with van der Waals surface area (Å²) in [5.74, 6) is 0.0658. The van der Waals surface area contributed by atoms with Crippen LogP contribution < -0.4 is 25.5 Å². The lowest BCUT2D eigenvalue weighted by Crippen LogP contribution is -2.50. The van der Waals surface area contributed by atoms with Gasteiger partial charge in [-0.25, -0.2) is 0 Å². The van der Waals surface area contributed by atoms with Crippen molar-refractivity contribution in [3.05, 3.63) is 63.9 Å². The van der Waals surface area contributed by atoms with Crippen molar-refractivity contribution >= 4 is 22.7 Å². The molecular weight excluding hydrogens is 450 g/mol. The number of hydrogen-bond donors (Lipinski definition) is 3. The number of pyridine rings is 1. The minimum Gasteiger partial charge on any atom is -0.508 e. The zero-order chi connectivity index (χ0) is 25.1. The summed E-state index contributed by atoms with van der Waals surface area (Å²) in [6.07, 6.45) is 2.09. The fraction of sp³-hybridized carbons (Fsp3) is 0.346. The summed E-state index contributed by atoms with van der Waals surface area (Å²) >= 11 is 0. The first kappa shape index (κ1) is 24.1. The second-order valence-electron chi connectivity index (χ2n) is 8.78. The first-order valence-electron chi connectivity index (χ1n) is 11.6. The number of hydrogen-bond acceptors (Lipinski definition) is 6. The standard InChI is InChI=1S/C26H29N3O6/c1-4-29-13-19(24(31)18-11-21-22(12-20(18)29)35-14-34-21)25(32)28-23(15(2)3)26(33)27-10-9-16-5-7-17(30)8-6-16/h5-8,11-13,15,23,30H,4,9-10,14H2,1-3H3,(H,27,33)(H,28,32). The molecule has 0 fully saturated rings. The van der Waals surface area contributed by atoms with E-state index >= 15 is 0 Å². The number of aromatic hydroxyl groups is 1. The van der Waals surface area contributed by atoms with Crippen LogP contribution in [0.3, 0.4) is 0 Å². The summed E-state index contributed by atoms with van der Waals surface area (Å²) in [7, 11) is 0. The molecule has 2 heterocycles. The minimum atomic E-state index is -0.816. The summed E-state index contributed by atoms with van der Waals surface area (Å²) < 4.78 is 12.6. The zero-order valence-corrected chi connectivity index (χ0v) is 20.0. The van der Waals surface area contributed by atoms with E-state index in [-0.39, 0.29) is 29.9 Å². The highest BCUT2D eigenvalue weighted by Crippen LogP contribution is 2.35. The molecule has 0 spiro atoms. The number of carbonyl (C=O) groups is 2.